The van der Waals surface area contributed by atoms with Crippen LogP contribution in [0.2, 0.25) is 0 Å². The summed E-state index contributed by atoms with van der Waals surface area (Å²) in [7, 11) is 0. The van der Waals surface area contributed by atoms with Crippen molar-refractivity contribution in [2.45, 2.75) is 19.5 Å². The highest BCUT2D eigenvalue weighted by Gasteiger charge is 2.17. The summed E-state index contributed by atoms with van der Waals surface area (Å²) in [5.74, 6) is 0.367. The molecule has 2 aromatic rings. The second-order valence-electron chi connectivity index (χ2n) is 4.95. The number of amides is 1. The van der Waals surface area contributed by atoms with E-state index in [9.17, 15) is 4.79 Å². The largest absolute Gasteiger partial charge is 0.492 e. The second-order valence-corrected chi connectivity index (χ2v) is 6.66. The number of nitrogens with one attached hydrogen (secondary N) is 1. The van der Waals surface area contributed by atoms with Gasteiger partial charge in [0.1, 0.15) is 11.8 Å². The van der Waals surface area contributed by atoms with Gasteiger partial charge in [-0.25, -0.2) is 0 Å². The van der Waals surface area contributed by atoms with Crippen LogP contribution in [0.5, 0.6) is 5.75 Å². The van der Waals surface area contributed by atoms with Crippen molar-refractivity contribution in [3.8, 4) is 5.75 Å². The third-order valence-electron chi connectivity index (χ3n) is 3.27. The van der Waals surface area contributed by atoms with Crippen LogP contribution in [-0.4, -0.2) is 12.5 Å². The summed E-state index contributed by atoms with van der Waals surface area (Å²) in [5, 5.41) is 3.20. The first-order chi connectivity index (χ1) is 11.0. The molecule has 0 aromatic heterocycles. The SMILES string of the molecule is CCOc1c(Br)cc(CN[C@H](C(N)=O)c2ccccc2)cc1Br. The van der Waals surface area contributed by atoms with Gasteiger partial charge in [-0.05, 0) is 62.0 Å². The molecule has 0 heterocycles. The van der Waals surface area contributed by atoms with Crippen LogP contribution in [0.15, 0.2) is 51.4 Å². The summed E-state index contributed by atoms with van der Waals surface area (Å²) in [5.41, 5.74) is 7.38. The van der Waals surface area contributed by atoms with Crippen LogP contribution >= 0.6 is 31.9 Å². The van der Waals surface area contributed by atoms with Crippen LogP contribution < -0.4 is 15.8 Å². The lowest BCUT2D eigenvalue weighted by atomic mass is 10.1. The van der Waals surface area contributed by atoms with Gasteiger partial charge in [0.25, 0.3) is 0 Å². The standard InChI is InChI=1S/C17H18Br2N2O2/c1-2-23-16-13(18)8-11(9-14(16)19)10-21-15(17(20)22)12-6-4-3-5-7-12/h3-9,15,21H,2,10H2,1H3,(H2,20,22)/t15-/m0/s1. The Bertz CT molecular complexity index is 655. The van der Waals surface area contributed by atoms with Crippen LogP contribution in [0.25, 0.3) is 0 Å². The molecule has 23 heavy (non-hydrogen) atoms. The zero-order chi connectivity index (χ0) is 16.8. The number of carbonyl (C=O) groups is 1. The topological polar surface area (TPSA) is 64.3 Å². The van der Waals surface area contributed by atoms with Crippen molar-refractivity contribution in [3.05, 3.63) is 62.5 Å². The molecule has 4 nitrogen and oxygen atoms in total. The number of rotatable bonds is 7. The highest BCUT2D eigenvalue weighted by molar-refractivity contribution is 9.11. The Balaban J connectivity index is 2.14. The van der Waals surface area contributed by atoms with Gasteiger partial charge in [-0.2, -0.15) is 0 Å². The van der Waals surface area contributed by atoms with E-state index >= 15 is 0 Å². The number of halogens is 2. The van der Waals surface area contributed by atoms with Gasteiger partial charge in [-0.1, -0.05) is 30.3 Å². The predicted octanol–water partition coefficient (Wildman–Crippen LogP) is 3.93. The van der Waals surface area contributed by atoms with Gasteiger partial charge >= 0.3 is 0 Å². The lowest BCUT2D eigenvalue weighted by Gasteiger charge is -2.17. The van der Waals surface area contributed by atoms with E-state index in [0.29, 0.717) is 13.2 Å². The Morgan fingerprint density at radius 1 is 1.22 bits per heavy atom. The molecule has 0 aliphatic heterocycles. The molecular formula is C17H18Br2N2O2. The van der Waals surface area contributed by atoms with Crippen LogP contribution in [0.3, 0.4) is 0 Å². The minimum absolute atomic E-state index is 0.403. The fraction of sp³-hybridized carbons (Fsp3) is 0.235. The molecule has 122 valence electrons. The fourth-order valence-corrected chi connectivity index (χ4v) is 3.75. The normalized spacial score (nSPS) is 12.0. The second kappa shape index (κ2) is 8.47. The molecule has 1 amide bonds. The van der Waals surface area contributed by atoms with Crippen LogP contribution in [0, 0.1) is 0 Å². The molecule has 1 atom stereocenters. The number of benzene rings is 2. The van der Waals surface area contributed by atoms with Crippen molar-refractivity contribution in [1.29, 1.82) is 0 Å². The molecule has 0 unspecified atom stereocenters. The first-order valence-corrected chi connectivity index (χ1v) is 8.80. The smallest absolute Gasteiger partial charge is 0.239 e. The molecule has 6 heteroatoms. The third-order valence-corrected chi connectivity index (χ3v) is 4.45. The van der Waals surface area contributed by atoms with Crippen LogP contribution in [0.4, 0.5) is 0 Å². The molecule has 0 radical (unpaired) electrons. The molecule has 0 bridgehead atoms. The van der Waals surface area contributed by atoms with Crippen molar-refractivity contribution in [2.75, 3.05) is 6.61 Å². The van der Waals surface area contributed by atoms with E-state index in [1.165, 1.54) is 0 Å². The molecule has 0 saturated carbocycles. The molecule has 0 aliphatic carbocycles. The fourth-order valence-electron chi connectivity index (χ4n) is 2.24. The molecule has 0 aliphatic rings. The Kier molecular flexibility index (Phi) is 6.62. The van der Waals surface area contributed by atoms with Crippen LogP contribution in [-0.2, 0) is 11.3 Å². The Labute approximate surface area is 152 Å². The van der Waals surface area contributed by atoms with Crippen molar-refractivity contribution in [1.82, 2.24) is 5.32 Å². The summed E-state index contributed by atoms with van der Waals surface area (Å²) in [6.07, 6.45) is 0. The van der Waals surface area contributed by atoms with E-state index < -0.39 is 11.9 Å². The summed E-state index contributed by atoms with van der Waals surface area (Å²) >= 11 is 7.01. The first kappa shape index (κ1) is 18.0. The van der Waals surface area contributed by atoms with Crippen molar-refractivity contribution >= 4 is 37.8 Å². The number of ether oxygens (including phenoxy) is 1. The summed E-state index contributed by atoms with van der Waals surface area (Å²) < 4.78 is 7.29. The van der Waals surface area contributed by atoms with E-state index in [1.807, 2.05) is 49.4 Å². The number of primary amides is 1. The first-order valence-electron chi connectivity index (χ1n) is 7.21. The molecule has 2 rings (SSSR count). The molecule has 0 fully saturated rings. The van der Waals surface area contributed by atoms with Gasteiger partial charge in [0.05, 0.1) is 15.6 Å². The molecular weight excluding hydrogens is 424 g/mol. The molecule has 3 N–H and O–H groups in total. The van der Waals surface area contributed by atoms with Gasteiger partial charge in [0, 0.05) is 6.54 Å². The Morgan fingerprint density at radius 3 is 2.35 bits per heavy atom. The van der Waals surface area contributed by atoms with Gasteiger partial charge in [0.15, 0.2) is 0 Å². The maximum absolute atomic E-state index is 11.7. The number of hydrogen-bond acceptors (Lipinski definition) is 3. The van der Waals surface area contributed by atoms with E-state index in [4.69, 9.17) is 10.5 Å². The maximum atomic E-state index is 11.7. The zero-order valence-corrected chi connectivity index (χ0v) is 15.9. The van der Waals surface area contributed by atoms with Crippen LogP contribution in [0.1, 0.15) is 24.1 Å². The lowest BCUT2D eigenvalue weighted by Crippen LogP contribution is -2.33. The van der Waals surface area contributed by atoms with Gasteiger partial charge in [-0.15, -0.1) is 0 Å². The highest BCUT2D eigenvalue weighted by Crippen LogP contribution is 2.34. The summed E-state index contributed by atoms with van der Waals surface area (Å²) in [4.78, 5) is 11.7. The quantitative estimate of drug-likeness (QED) is 0.684. The average Bonchev–Trinajstić information content (AvgIpc) is 2.52. The Hall–Kier alpha value is -1.37. The average molecular weight is 442 g/mol. The van der Waals surface area contributed by atoms with E-state index in [-0.39, 0.29) is 0 Å². The predicted molar refractivity (Wildman–Crippen MR) is 98.2 cm³/mol. The minimum atomic E-state index is -0.527. The van der Waals surface area contributed by atoms with E-state index in [1.54, 1.807) is 0 Å². The summed E-state index contributed by atoms with van der Waals surface area (Å²) in [6, 6.07) is 12.8. The van der Waals surface area contributed by atoms with E-state index in [2.05, 4.69) is 37.2 Å². The summed E-state index contributed by atoms with van der Waals surface area (Å²) in [6.45, 7) is 3.03. The number of nitrogens with two attached hydrogens (primary N) is 1. The molecule has 0 spiro atoms. The van der Waals surface area contributed by atoms with E-state index in [0.717, 1.165) is 25.8 Å². The molecule has 0 saturated heterocycles. The van der Waals surface area contributed by atoms with Gasteiger partial charge < -0.3 is 10.5 Å². The number of hydrogen-bond donors (Lipinski definition) is 2. The van der Waals surface area contributed by atoms with Gasteiger partial charge in [0.2, 0.25) is 5.91 Å². The van der Waals surface area contributed by atoms with Gasteiger partial charge in [-0.3, -0.25) is 10.1 Å². The monoisotopic (exact) mass is 440 g/mol. The molecule has 2 aromatic carbocycles. The maximum Gasteiger partial charge on any atom is 0.239 e. The minimum Gasteiger partial charge on any atom is -0.492 e. The lowest BCUT2D eigenvalue weighted by molar-refractivity contribution is -0.120. The van der Waals surface area contributed by atoms with Crippen molar-refractivity contribution in [2.24, 2.45) is 5.73 Å². The zero-order valence-electron chi connectivity index (χ0n) is 12.7. The van der Waals surface area contributed by atoms with Crippen molar-refractivity contribution < 1.29 is 9.53 Å². The third kappa shape index (κ3) is 4.80. The Morgan fingerprint density at radius 2 is 1.83 bits per heavy atom. The number of carbonyl (C=O) groups excluding carboxylic acids is 1. The highest BCUT2D eigenvalue weighted by atomic mass is 79.9. The van der Waals surface area contributed by atoms with Crippen molar-refractivity contribution in [3.63, 3.8) is 0 Å².